The molecular weight excluding hydrogens is 242 g/mol. The smallest absolute Gasteiger partial charge is 0.321 e. The van der Waals surface area contributed by atoms with Crippen LogP contribution in [0.1, 0.15) is 33.3 Å². The van der Waals surface area contributed by atoms with E-state index in [2.05, 4.69) is 5.32 Å². The lowest BCUT2D eigenvalue weighted by Gasteiger charge is -2.17. The van der Waals surface area contributed by atoms with Gasteiger partial charge in [-0.05, 0) is 38.0 Å². The zero-order valence-corrected chi connectivity index (χ0v) is 12.0. The molecule has 0 aliphatic rings. The molecule has 0 aliphatic heterocycles. The molecule has 0 fully saturated rings. The Labute approximate surface area is 114 Å². The maximum absolute atomic E-state index is 11.2. The van der Waals surface area contributed by atoms with Crippen LogP contribution in [0.4, 0.5) is 0 Å². The van der Waals surface area contributed by atoms with Crippen molar-refractivity contribution in [2.75, 3.05) is 0 Å². The first-order valence-electron chi connectivity index (χ1n) is 6.63. The molecule has 106 valence electrons. The predicted molar refractivity (Wildman–Crippen MR) is 75.6 cm³/mol. The van der Waals surface area contributed by atoms with E-state index in [1.54, 1.807) is 0 Å². The van der Waals surface area contributed by atoms with Crippen LogP contribution in [0.2, 0.25) is 0 Å². The first-order chi connectivity index (χ1) is 8.88. The summed E-state index contributed by atoms with van der Waals surface area (Å²) in [4.78, 5) is 11.2. The van der Waals surface area contributed by atoms with Gasteiger partial charge in [-0.25, -0.2) is 0 Å². The number of benzene rings is 1. The van der Waals surface area contributed by atoms with Gasteiger partial charge in [-0.2, -0.15) is 0 Å². The second kappa shape index (κ2) is 7.14. The molecule has 0 spiro atoms. The standard InChI is InChI=1S/C15H23NO3/c1-10(2)16-14(15(17)18)9-12-5-7-13(8-6-12)19-11(3)4/h5-8,10-11,14,16H,9H2,1-4H3,(H,17,18)/t14-/m0/s1. The van der Waals surface area contributed by atoms with Crippen molar-refractivity contribution in [3.8, 4) is 5.75 Å². The molecular formula is C15H23NO3. The lowest BCUT2D eigenvalue weighted by Crippen LogP contribution is -2.42. The minimum absolute atomic E-state index is 0.139. The molecule has 1 rings (SSSR count). The van der Waals surface area contributed by atoms with Gasteiger partial charge < -0.3 is 15.2 Å². The second-order valence-corrected chi connectivity index (χ2v) is 5.23. The molecule has 1 atom stereocenters. The fourth-order valence-electron chi connectivity index (χ4n) is 1.83. The maximum atomic E-state index is 11.2. The molecule has 0 saturated heterocycles. The fraction of sp³-hybridized carbons (Fsp3) is 0.533. The zero-order chi connectivity index (χ0) is 14.4. The van der Waals surface area contributed by atoms with Crippen molar-refractivity contribution >= 4 is 5.97 Å². The number of hydrogen-bond acceptors (Lipinski definition) is 3. The summed E-state index contributed by atoms with van der Waals surface area (Å²) in [6.07, 6.45) is 0.607. The van der Waals surface area contributed by atoms with Crippen molar-refractivity contribution in [2.24, 2.45) is 0 Å². The Bertz CT molecular complexity index is 398. The fourth-order valence-corrected chi connectivity index (χ4v) is 1.83. The van der Waals surface area contributed by atoms with E-state index in [0.29, 0.717) is 6.42 Å². The van der Waals surface area contributed by atoms with Gasteiger partial charge in [0.2, 0.25) is 0 Å². The molecule has 0 radical (unpaired) electrons. The Hall–Kier alpha value is -1.55. The minimum atomic E-state index is -0.823. The third-order valence-corrected chi connectivity index (χ3v) is 2.57. The van der Waals surface area contributed by atoms with Gasteiger partial charge in [-0.3, -0.25) is 4.79 Å². The molecule has 0 amide bonds. The van der Waals surface area contributed by atoms with Crippen molar-refractivity contribution in [3.05, 3.63) is 29.8 Å². The first kappa shape index (κ1) is 15.5. The Balaban J connectivity index is 2.67. The number of ether oxygens (including phenoxy) is 1. The van der Waals surface area contributed by atoms with E-state index in [-0.39, 0.29) is 12.1 Å². The van der Waals surface area contributed by atoms with Crippen LogP contribution < -0.4 is 10.1 Å². The van der Waals surface area contributed by atoms with E-state index < -0.39 is 12.0 Å². The molecule has 1 aromatic rings. The number of carbonyl (C=O) groups is 1. The van der Waals surface area contributed by atoms with Crippen LogP contribution in [0.25, 0.3) is 0 Å². The van der Waals surface area contributed by atoms with E-state index in [4.69, 9.17) is 9.84 Å². The summed E-state index contributed by atoms with van der Waals surface area (Å²) in [6.45, 7) is 7.83. The van der Waals surface area contributed by atoms with Gasteiger partial charge >= 0.3 is 5.97 Å². The minimum Gasteiger partial charge on any atom is -0.491 e. The summed E-state index contributed by atoms with van der Waals surface area (Å²) in [5.41, 5.74) is 0.983. The van der Waals surface area contributed by atoms with Crippen LogP contribution in [-0.2, 0) is 11.2 Å². The molecule has 19 heavy (non-hydrogen) atoms. The van der Waals surface area contributed by atoms with Crippen molar-refractivity contribution in [3.63, 3.8) is 0 Å². The Kier molecular flexibility index (Phi) is 5.83. The number of hydrogen-bond donors (Lipinski definition) is 2. The van der Waals surface area contributed by atoms with E-state index in [9.17, 15) is 4.79 Å². The zero-order valence-electron chi connectivity index (χ0n) is 12.0. The van der Waals surface area contributed by atoms with Gasteiger partial charge in [0.05, 0.1) is 6.10 Å². The quantitative estimate of drug-likeness (QED) is 0.795. The Morgan fingerprint density at radius 2 is 1.79 bits per heavy atom. The Morgan fingerprint density at radius 1 is 1.21 bits per heavy atom. The second-order valence-electron chi connectivity index (χ2n) is 5.23. The van der Waals surface area contributed by atoms with Gasteiger partial charge in [0.25, 0.3) is 0 Å². The molecule has 0 unspecified atom stereocenters. The maximum Gasteiger partial charge on any atom is 0.321 e. The molecule has 0 bridgehead atoms. The highest BCUT2D eigenvalue weighted by molar-refractivity contribution is 5.74. The molecule has 0 aromatic heterocycles. The predicted octanol–water partition coefficient (Wildman–Crippen LogP) is 2.47. The van der Waals surface area contributed by atoms with E-state index in [1.165, 1.54) is 0 Å². The monoisotopic (exact) mass is 265 g/mol. The molecule has 0 aliphatic carbocycles. The molecule has 0 saturated carbocycles. The SMILES string of the molecule is CC(C)N[C@@H](Cc1ccc(OC(C)C)cc1)C(=O)O. The number of rotatable bonds is 7. The number of aliphatic carboxylic acids is 1. The van der Waals surface area contributed by atoms with E-state index >= 15 is 0 Å². The highest BCUT2D eigenvalue weighted by Crippen LogP contribution is 2.15. The van der Waals surface area contributed by atoms with Crippen molar-refractivity contribution < 1.29 is 14.6 Å². The molecule has 2 N–H and O–H groups in total. The van der Waals surface area contributed by atoms with Gasteiger partial charge in [0, 0.05) is 6.04 Å². The summed E-state index contributed by atoms with van der Waals surface area (Å²) < 4.78 is 5.55. The normalized spacial score (nSPS) is 12.7. The summed E-state index contributed by atoms with van der Waals surface area (Å²) in [5, 5.41) is 12.2. The summed E-state index contributed by atoms with van der Waals surface area (Å²) in [5.74, 6) is -0.0151. The van der Waals surface area contributed by atoms with Gasteiger partial charge in [-0.15, -0.1) is 0 Å². The van der Waals surface area contributed by atoms with E-state index in [1.807, 2.05) is 52.0 Å². The molecule has 4 nitrogen and oxygen atoms in total. The van der Waals surface area contributed by atoms with Crippen LogP contribution in [-0.4, -0.2) is 29.3 Å². The van der Waals surface area contributed by atoms with Crippen LogP contribution in [0, 0.1) is 0 Å². The van der Waals surface area contributed by atoms with Gasteiger partial charge in [0.15, 0.2) is 0 Å². The Morgan fingerprint density at radius 3 is 2.21 bits per heavy atom. The highest BCUT2D eigenvalue weighted by Gasteiger charge is 2.18. The number of nitrogens with one attached hydrogen (secondary N) is 1. The summed E-state index contributed by atoms with van der Waals surface area (Å²) >= 11 is 0. The third-order valence-electron chi connectivity index (χ3n) is 2.57. The van der Waals surface area contributed by atoms with Crippen molar-refractivity contribution in [1.82, 2.24) is 5.32 Å². The number of carboxylic acids is 1. The number of carboxylic acid groups (broad SMARTS) is 1. The topological polar surface area (TPSA) is 58.6 Å². The van der Waals surface area contributed by atoms with Gasteiger partial charge in [0.1, 0.15) is 11.8 Å². The summed E-state index contributed by atoms with van der Waals surface area (Å²) in [7, 11) is 0. The van der Waals surface area contributed by atoms with Crippen molar-refractivity contribution in [2.45, 2.75) is 52.3 Å². The third kappa shape index (κ3) is 5.75. The van der Waals surface area contributed by atoms with Crippen LogP contribution >= 0.6 is 0 Å². The largest absolute Gasteiger partial charge is 0.491 e. The molecule has 1 aromatic carbocycles. The molecule has 0 heterocycles. The van der Waals surface area contributed by atoms with Crippen LogP contribution in [0.5, 0.6) is 5.75 Å². The first-order valence-corrected chi connectivity index (χ1v) is 6.63. The lowest BCUT2D eigenvalue weighted by atomic mass is 10.1. The summed E-state index contributed by atoms with van der Waals surface area (Å²) in [6, 6.07) is 7.17. The lowest BCUT2D eigenvalue weighted by molar-refractivity contribution is -0.139. The van der Waals surface area contributed by atoms with Crippen molar-refractivity contribution in [1.29, 1.82) is 0 Å². The van der Waals surface area contributed by atoms with E-state index in [0.717, 1.165) is 11.3 Å². The van der Waals surface area contributed by atoms with Crippen LogP contribution in [0.3, 0.4) is 0 Å². The average Bonchev–Trinajstić information content (AvgIpc) is 2.29. The highest BCUT2D eigenvalue weighted by atomic mass is 16.5. The average molecular weight is 265 g/mol. The van der Waals surface area contributed by atoms with Gasteiger partial charge in [-0.1, -0.05) is 26.0 Å². The molecule has 4 heteroatoms. The van der Waals surface area contributed by atoms with Crippen LogP contribution in [0.15, 0.2) is 24.3 Å².